The number of anilines is 2. The second-order valence-electron chi connectivity index (χ2n) is 8.85. The minimum atomic E-state index is -1.12. The fraction of sp³-hybridized carbons (Fsp3) is 0.385. The molecule has 2 heterocycles. The minimum absolute atomic E-state index is 0.0250. The van der Waals surface area contributed by atoms with E-state index in [9.17, 15) is 24.3 Å². The molecule has 1 saturated heterocycles. The van der Waals surface area contributed by atoms with Crippen LogP contribution < -0.4 is 14.5 Å². The number of benzene rings is 2. The van der Waals surface area contributed by atoms with Crippen LogP contribution >= 0.6 is 0 Å². The number of hydrogen-bond acceptors (Lipinski definition) is 7. The maximum absolute atomic E-state index is 13.3. The van der Waals surface area contributed by atoms with Crippen LogP contribution in [-0.4, -0.2) is 74.2 Å². The zero-order chi connectivity index (χ0) is 25.8. The molecule has 0 radical (unpaired) electrons. The van der Waals surface area contributed by atoms with Crippen molar-refractivity contribution in [3.63, 3.8) is 0 Å². The van der Waals surface area contributed by atoms with Crippen LogP contribution in [0, 0.1) is 5.92 Å². The predicted octanol–water partition coefficient (Wildman–Crippen LogP) is 2.16. The number of carbonyl (C=O) groups is 4. The SMILES string of the molecule is COC(=O)C1CCN(CC(=O)N2CC(=O)N(Cc3ccccc3OC)c3ccc(C(=O)O)cc32)CC1. The monoisotopic (exact) mass is 495 g/mol. The van der Waals surface area contributed by atoms with Crippen LogP contribution in [0.1, 0.15) is 28.8 Å². The molecular weight excluding hydrogens is 466 g/mol. The standard InChI is InChI=1S/C26H29N3O7/c1-35-22-6-4-3-5-19(22)14-28-20-8-7-18(25(32)33)13-21(20)29(16-24(28)31)23(30)15-27-11-9-17(10-12-27)26(34)36-2/h3-8,13,17H,9-12,14-16H2,1-2H3,(H,32,33). The Kier molecular flexibility index (Phi) is 7.54. The van der Waals surface area contributed by atoms with E-state index in [0.717, 1.165) is 5.56 Å². The Balaban J connectivity index is 1.58. The number of aromatic carboxylic acids is 1. The van der Waals surface area contributed by atoms with E-state index >= 15 is 0 Å². The maximum Gasteiger partial charge on any atom is 0.335 e. The van der Waals surface area contributed by atoms with Gasteiger partial charge in [-0.3, -0.25) is 24.2 Å². The van der Waals surface area contributed by atoms with Gasteiger partial charge in [0, 0.05) is 5.56 Å². The Morgan fingerprint density at radius 2 is 1.75 bits per heavy atom. The zero-order valence-electron chi connectivity index (χ0n) is 20.3. The van der Waals surface area contributed by atoms with Crippen molar-refractivity contribution in [2.45, 2.75) is 19.4 Å². The molecule has 36 heavy (non-hydrogen) atoms. The van der Waals surface area contributed by atoms with Crippen LogP contribution in [0.15, 0.2) is 42.5 Å². The molecule has 4 rings (SSSR count). The summed E-state index contributed by atoms with van der Waals surface area (Å²) in [5.41, 5.74) is 1.64. The number of carboxylic acid groups (broad SMARTS) is 1. The molecule has 0 saturated carbocycles. The Labute approximate surface area is 209 Å². The molecule has 1 fully saturated rings. The lowest BCUT2D eigenvalue weighted by atomic mass is 9.97. The van der Waals surface area contributed by atoms with Crippen molar-refractivity contribution in [3.8, 4) is 5.75 Å². The first-order chi connectivity index (χ1) is 17.3. The van der Waals surface area contributed by atoms with E-state index in [0.29, 0.717) is 43.1 Å². The molecule has 0 bridgehead atoms. The van der Waals surface area contributed by atoms with E-state index in [2.05, 4.69) is 0 Å². The number of amides is 2. The topological polar surface area (TPSA) is 117 Å². The van der Waals surface area contributed by atoms with Crippen molar-refractivity contribution >= 4 is 35.1 Å². The number of rotatable bonds is 7. The first kappa shape index (κ1) is 25.2. The predicted molar refractivity (Wildman–Crippen MR) is 131 cm³/mol. The van der Waals surface area contributed by atoms with Crippen LogP contribution in [0.25, 0.3) is 0 Å². The molecule has 0 spiro atoms. The molecule has 2 aromatic carbocycles. The molecular formula is C26H29N3O7. The molecule has 0 aliphatic carbocycles. The van der Waals surface area contributed by atoms with E-state index in [1.54, 1.807) is 24.1 Å². The van der Waals surface area contributed by atoms with E-state index < -0.39 is 5.97 Å². The summed E-state index contributed by atoms with van der Waals surface area (Å²) >= 11 is 0. The lowest BCUT2D eigenvalue weighted by Gasteiger charge is -2.38. The molecule has 2 amide bonds. The van der Waals surface area contributed by atoms with Crippen molar-refractivity contribution in [2.24, 2.45) is 5.92 Å². The van der Waals surface area contributed by atoms with Gasteiger partial charge in [0.2, 0.25) is 11.8 Å². The van der Waals surface area contributed by atoms with Gasteiger partial charge in [-0.05, 0) is 50.2 Å². The highest BCUT2D eigenvalue weighted by Gasteiger charge is 2.35. The Bertz CT molecular complexity index is 1170. The van der Waals surface area contributed by atoms with Gasteiger partial charge in [0.25, 0.3) is 0 Å². The third kappa shape index (κ3) is 5.18. The van der Waals surface area contributed by atoms with Crippen LogP contribution in [-0.2, 0) is 25.7 Å². The summed E-state index contributed by atoms with van der Waals surface area (Å²) in [7, 11) is 2.92. The summed E-state index contributed by atoms with van der Waals surface area (Å²) in [5.74, 6) is -1.51. The number of hydrogen-bond donors (Lipinski definition) is 1. The number of carboxylic acids is 1. The van der Waals surface area contributed by atoms with Gasteiger partial charge >= 0.3 is 11.9 Å². The number of fused-ring (bicyclic) bond motifs is 1. The molecule has 2 aromatic rings. The van der Waals surface area contributed by atoms with Crippen molar-refractivity contribution < 1.29 is 33.8 Å². The van der Waals surface area contributed by atoms with Gasteiger partial charge < -0.3 is 19.5 Å². The van der Waals surface area contributed by atoms with Crippen LogP contribution in [0.4, 0.5) is 11.4 Å². The van der Waals surface area contributed by atoms with Crippen LogP contribution in [0.3, 0.4) is 0 Å². The van der Waals surface area contributed by atoms with Gasteiger partial charge in [0.1, 0.15) is 12.3 Å². The van der Waals surface area contributed by atoms with Crippen molar-refractivity contribution in [1.29, 1.82) is 0 Å². The lowest BCUT2D eigenvalue weighted by Crippen LogP contribution is -2.51. The van der Waals surface area contributed by atoms with Crippen LogP contribution in [0.5, 0.6) is 5.75 Å². The van der Waals surface area contributed by atoms with E-state index in [1.807, 2.05) is 23.1 Å². The molecule has 0 atom stereocenters. The number of likely N-dealkylation sites (tertiary alicyclic amines) is 1. The second kappa shape index (κ2) is 10.8. The van der Waals surface area contributed by atoms with Crippen molar-refractivity contribution in [3.05, 3.63) is 53.6 Å². The summed E-state index contributed by atoms with van der Waals surface area (Å²) in [6.07, 6.45) is 1.18. The van der Waals surface area contributed by atoms with Crippen molar-refractivity contribution in [2.75, 3.05) is 50.2 Å². The first-order valence-electron chi connectivity index (χ1n) is 11.7. The van der Waals surface area contributed by atoms with E-state index in [-0.39, 0.29) is 48.9 Å². The van der Waals surface area contributed by atoms with Gasteiger partial charge in [0.05, 0.1) is 50.2 Å². The van der Waals surface area contributed by atoms with Gasteiger partial charge in [0.15, 0.2) is 0 Å². The fourth-order valence-corrected chi connectivity index (χ4v) is 4.71. The summed E-state index contributed by atoms with van der Waals surface area (Å²) < 4.78 is 10.2. The molecule has 0 unspecified atom stereocenters. The minimum Gasteiger partial charge on any atom is -0.496 e. The Hall–Kier alpha value is -3.92. The summed E-state index contributed by atoms with van der Waals surface area (Å²) in [6, 6.07) is 11.8. The van der Waals surface area contributed by atoms with Crippen LogP contribution in [0.2, 0.25) is 0 Å². The highest BCUT2D eigenvalue weighted by molar-refractivity contribution is 6.12. The highest BCUT2D eigenvalue weighted by Crippen LogP contribution is 2.37. The normalized spacial score (nSPS) is 16.4. The number of nitrogens with zero attached hydrogens (tertiary/aromatic N) is 3. The molecule has 190 valence electrons. The zero-order valence-corrected chi connectivity index (χ0v) is 20.3. The highest BCUT2D eigenvalue weighted by atomic mass is 16.5. The van der Waals surface area contributed by atoms with Crippen molar-refractivity contribution in [1.82, 2.24) is 4.90 Å². The number of methoxy groups -OCH3 is 2. The second-order valence-corrected chi connectivity index (χ2v) is 8.85. The number of carbonyl (C=O) groups excluding carboxylic acids is 3. The molecule has 10 heteroatoms. The summed E-state index contributed by atoms with van der Waals surface area (Å²) in [5, 5.41) is 9.54. The van der Waals surface area contributed by atoms with E-state index in [4.69, 9.17) is 9.47 Å². The van der Waals surface area contributed by atoms with Gasteiger partial charge in [-0.15, -0.1) is 0 Å². The molecule has 1 N–H and O–H groups in total. The Morgan fingerprint density at radius 3 is 2.42 bits per heavy atom. The smallest absolute Gasteiger partial charge is 0.335 e. The number of piperidine rings is 1. The quantitative estimate of drug-likeness (QED) is 0.581. The Morgan fingerprint density at radius 1 is 1.03 bits per heavy atom. The summed E-state index contributed by atoms with van der Waals surface area (Å²) in [4.78, 5) is 54.9. The average Bonchev–Trinajstić information content (AvgIpc) is 2.89. The number of esters is 1. The summed E-state index contributed by atoms with van der Waals surface area (Å²) in [6.45, 7) is 1.17. The molecule has 10 nitrogen and oxygen atoms in total. The molecule has 0 aromatic heterocycles. The van der Waals surface area contributed by atoms with Gasteiger partial charge in [-0.1, -0.05) is 18.2 Å². The third-order valence-electron chi connectivity index (χ3n) is 6.70. The van der Waals surface area contributed by atoms with E-state index in [1.165, 1.54) is 24.1 Å². The molecule has 2 aliphatic heterocycles. The fourth-order valence-electron chi connectivity index (χ4n) is 4.71. The number of ether oxygens (including phenoxy) is 2. The average molecular weight is 496 g/mol. The number of para-hydroxylation sites is 1. The molecule has 2 aliphatic rings. The van der Waals surface area contributed by atoms with Gasteiger partial charge in [-0.25, -0.2) is 4.79 Å². The third-order valence-corrected chi connectivity index (χ3v) is 6.70. The van der Waals surface area contributed by atoms with Gasteiger partial charge in [-0.2, -0.15) is 0 Å². The first-order valence-corrected chi connectivity index (χ1v) is 11.7. The largest absolute Gasteiger partial charge is 0.496 e. The lowest BCUT2D eigenvalue weighted by molar-refractivity contribution is -0.147. The maximum atomic E-state index is 13.3.